The normalized spacial score (nSPS) is 15.5. The minimum atomic E-state index is 0.0372. The molecule has 1 fully saturated rings. The van der Waals surface area contributed by atoms with Gasteiger partial charge in [-0.15, -0.1) is 0 Å². The van der Waals surface area contributed by atoms with Crippen LogP contribution in [0.2, 0.25) is 5.02 Å². The molecule has 0 N–H and O–H groups in total. The maximum absolute atomic E-state index is 13.2. The summed E-state index contributed by atoms with van der Waals surface area (Å²) < 4.78 is 3.30. The number of piperidine rings is 1. The third-order valence-electron chi connectivity index (χ3n) is 6.66. The zero-order valence-electron chi connectivity index (χ0n) is 18.8. The maximum Gasteiger partial charge on any atom is 0.227 e. The van der Waals surface area contributed by atoms with Crippen molar-refractivity contribution < 1.29 is 14.3 Å². The van der Waals surface area contributed by atoms with Crippen LogP contribution < -0.4 is 9.46 Å². The lowest BCUT2D eigenvalue weighted by Crippen LogP contribution is -2.38. The first-order valence-electron chi connectivity index (χ1n) is 11.4. The molecule has 2 aliphatic rings. The summed E-state index contributed by atoms with van der Waals surface area (Å²) >= 11 is 13.6. The number of rotatable bonds is 2. The Kier molecular flexibility index (Phi) is 6.88. The van der Waals surface area contributed by atoms with Gasteiger partial charge < -0.3 is 15.3 Å². The quantitative estimate of drug-likeness (QED) is 0.303. The fourth-order valence-corrected chi connectivity index (χ4v) is 6.55. The molecule has 2 aromatic heterocycles. The van der Waals surface area contributed by atoms with E-state index in [-0.39, 0.29) is 12.3 Å². The molecule has 180 valence electrons. The van der Waals surface area contributed by atoms with Gasteiger partial charge in [-0.3, -0.25) is 4.79 Å². The van der Waals surface area contributed by atoms with Gasteiger partial charge in [-0.1, -0.05) is 33.1 Å². The van der Waals surface area contributed by atoms with Gasteiger partial charge in [0, 0.05) is 45.8 Å². The number of fused-ring (bicyclic) bond motifs is 2. The summed E-state index contributed by atoms with van der Waals surface area (Å²) in [5.74, 6) is 0.0372. The third kappa shape index (κ3) is 4.97. The Morgan fingerprint density at radius 3 is 2.40 bits per heavy atom. The molecule has 3 heterocycles. The second-order valence-electron chi connectivity index (χ2n) is 8.88. The number of halogens is 3. The van der Waals surface area contributed by atoms with E-state index < -0.39 is 0 Å². The summed E-state index contributed by atoms with van der Waals surface area (Å²) in [6.07, 6.45) is 7.50. The summed E-state index contributed by atoms with van der Waals surface area (Å²) in [7, 11) is 0. The van der Waals surface area contributed by atoms with Crippen LogP contribution in [0.4, 0.5) is 0 Å². The van der Waals surface area contributed by atoms with E-state index in [0.717, 1.165) is 54.3 Å². The highest BCUT2D eigenvalue weighted by Crippen LogP contribution is 2.42. The van der Waals surface area contributed by atoms with E-state index in [0.29, 0.717) is 41.4 Å². The van der Waals surface area contributed by atoms with Gasteiger partial charge in [-0.2, -0.15) is 9.46 Å². The Hall–Kier alpha value is -2.42. The van der Waals surface area contributed by atoms with Gasteiger partial charge in [0.15, 0.2) is 18.6 Å². The number of benzene rings is 1. The Labute approximate surface area is 225 Å². The lowest BCUT2D eigenvalue weighted by molar-refractivity contribution is -0.609. The van der Waals surface area contributed by atoms with Crippen molar-refractivity contribution in [2.24, 2.45) is 0 Å². The van der Waals surface area contributed by atoms with Crippen molar-refractivity contribution in [3.8, 4) is 0 Å². The number of aryl methyl sites for hydroxylation is 2. The molecule has 0 saturated carbocycles. The SMILES string of the molecule is O=C(Cc1cc[n+]([O-])cc1)N1CCC(=C2c3c(Br)cc(Cl)cc3CCc3cc(Br)c[n+]([O-])c32)CC1. The second kappa shape index (κ2) is 9.91. The summed E-state index contributed by atoms with van der Waals surface area (Å²) in [5, 5.41) is 25.1. The van der Waals surface area contributed by atoms with Crippen LogP contribution in [0.5, 0.6) is 0 Å². The zero-order chi connectivity index (χ0) is 24.7. The predicted molar refractivity (Wildman–Crippen MR) is 141 cm³/mol. The van der Waals surface area contributed by atoms with Crippen LogP contribution in [0.25, 0.3) is 5.57 Å². The van der Waals surface area contributed by atoms with Crippen molar-refractivity contribution in [2.45, 2.75) is 32.1 Å². The molecule has 0 bridgehead atoms. The molecule has 1 aromatic carbocycles. The monoisotopic (exact) mass is 617 g/mol. The first-order valence-corrected chi connectivity index (χ1v) is 13.3. The topological polar surface area (TPSA) is 74.2 Å². The van der Waals surface area contributed by atoms with Crippen LogP contribution in [0.15, 0.2) is 63.4 Å². The minimum Gasteiger partial charge on any atom is -0.619 e. The Bertz CT molecular complexity index is 1290. The van der Waals surface area contributed by atoms with Crippen LogP contribution in [0.1, 0.15) is 40.8 Å². The fourth-order valence-electron chi connectivity index (χ4n) is 5.01. The molecule has 0 radical (unpaired) electrons. The lowest BCUT2D eigenvalue weighted by Gasteiger charge is -2.30. The van der Waals surface area contributed by atoms with Crippen molar-refractivity contribution in [1.82, 2.24) is 4.90 Å². The number of aromatic nitrogens is 2. The van der Waals surface area contributed by atoms with Crippen LogP contribution in [-0.2, 0) is 24.1 Å². The Morgan fingerprint density at radius 2 is 1.69 bits per heavy atom. The van der Waals surface area contributed by atoms with Gasteiger partial charge in [0.2, 0.25) is 11.6 Å². The lowest BCUT2D eigenvalue weighted by atomic mass is 9.88. The van der Waals surface area contributed by atoms with Crippen molar-refractivity contribution in [2.75, 3.05) is 13.1 Å². The first kappa shape index (κ1) is 24.3. The van der Waals surface area contributed by atoms with Crippen molar-refractivity contribution in [3.63, 3.8) is 0 Å². The number of hydrogen-bond acceptors (Lipinski definition) is 3. The molecule has 1 amide bonds. The highest BCUT2D eigenvalue weighted by molar-refractivity contribution is 9.10. The molecular formula is C26H22Br2ClN3O3. The summed E-state index contributed by atoms with van der Waals surface area (Å²) in [5.41, 5.74) is 6.74. The van der Waals surface area contributed by atoms with Gasteiger partial charge in [0.1, 0.15) is 0 Å². The van der Waals surface area contributed by atoms with Gasteiger partial charge in [-0.25, -0.2) is 0 Å². The van der Waals surface area contributed by atoms with Crippen LogP contribution in [0, 0.1) is 10.4 Å². The molecule has 9 heteroatoms. The smallest absolute Gasteiger partial charge is 0.227 e. The first-order chi connectivity index (χ1) is 16.8. The molecule has 6 nitrogen and oxygen atoms in total. The Morgan fingerprint density at radius 1 is 1.00 bits per heavy atom. The van der Waals surface area contributed by atoms with Crippen molar-refractivity contribution in [3.05, 3.63) is 107 Å². The van der Waals surface area contributed by atoms with Gasteiger partial charge >= 0.3 is 0 Å². The largest absolute Gasteiger partial charge is 0.619 e. The van der Waals surface area contributed by atoms with Gasteiger partial charge in [-0.05, 0) is 70.9 Å². The highest BCUT2D eigenvalue weighted by atomic mass is 79.9. The van der Waals surface area contributed by atoms with Gasteiger partial charge in [0.25, 0.3) is 0 Å². The number of carbonyl (C=O) groups excluding carboxylic acids is 1. The summed E-state index contributed by atoms with van der Waals surface area (Å²) in [6, 6.07) is 9.24. The molecule has 35 heavy (non-hydrogen) atoms. The van der Waals surface area contributed by atoms with E-state index in [1.54, 1.807) is 18.3 Å². The molecule has 0 atom stereocenters. The van der Waals surface area contributed by atoms with Gasteiger partial charge in [0.05, 0.1) is 16.5 Å². The predicted octanol–water partition coefficient (Wildman–Crippen LogP) is 4.90. The van der Waals surface area contributed by atoms with Crippen LogP contribution >= 0.6 is 43.5 Å². The minimum absolute atomic E-state index is 0.0372. The van der Waals surface area contributed by atoms with E-state index in [9.17, 15) is 15.2 Å². The number of likely N-dealkylation sites (tertiary alicyclic amines) is 1. The third-order valence-corrected chi connectivity index (χ3v) is 7.94. The van der Waals surface area contributed by atoms with Crippen LogP contribution in [0.3, 0.4) is 0 Å². The molecule has 0 spiro atoms. The number of pyridine rings is 2. The number of amides is 1. The second-order valence-corrected chi connectivity index (χ2v) is 11.1. The summed E-state index contributed by atoms with van der Waals surface area (Å²) in [4.78, 5) is 14.8. The summed E-state index contributed by atoms with van der Waals surface area (Å²) in [6.45, 7) is 1.16. The number of nitrogens with zero attached hydrogens (tertiary/aromatic N) is 3. The van der Waals surface area contributed by atoms with Crippen LogP contribution in [-0.4, -0.2) is 23.9 Å². The maximum atomic E-state index is 13.2. The average molecular weight is 620 g/mol. The molecule has 1 saturated heterocycles. The van der Waals surface area contributed by atoms with E-state index in [4.69, 9.17) is 11.6 Å². The molecule has 3 aromatic rings. The molecular weight excluding hydrogens is 598 g/mol. The number of carbonyl (C=O) groups is 1. The van der Waals surface area contributed by atoms with E-state index >= 15 is 0 Å². The van der Waals surface area contributed by atoms with E-state index in [2.05, 4.69) is 31.9 Å². The van der Waals surface area contributed by atoms with Crippen molar-refractivity contribution >= 4 is 54.9 Å². The van der Waals surface area contributed by atoms with E-state index in [1.165, 1.54) is 18.0 Å². The van der Waals surface area contributed by atoms with E-state index in [1.807, 2.05) is 23.1 Å². The average Bonchev–Trinajstić information content (AvgIpc) is 2.98. The van der Waals surface area contributed by atoms with Crippen molar-refractivity contribution in [1.29, 1.82) is 0 Å². The molecule has 5 rings (SSSR count). The molecule has 1 aliphatic heterocycles. The molecule has 1 aliphatic carbocycles. The fraction of sp³-hybridized carbons (Fsp3) is 0.269. The highest BCUT2D eigenvalue weighted by Gasteiger charge is 2.32. The zero-order valence-corrected chi connectivity index (χ0v) is 22.7. The number of hydrogen-bond donors (Lipinski definition) is 0. The molecule has 0 unspecified atom stereocenters. The Balaban J connectivity index is 1.50. The standard InChI is InChI=1S/C26H22Br2ClN3O3/c27-20-12-19-2-1-18-13-21(29)14-22(28)24(18)25(26(19)32(35)15-20)17-5-7-30(8-6-17)23(33)11-16-3-9-31(34)10-4-16/h3-4,9-10,12-15H,1-2,5-8,11H2.